The van der Waals surface area contributed by atoms with Gasteiger partial charge in [0.1, 0.15) is 6.04 Å². The van der Waals surface area contributed by atoms with Crippen LogP contribution < -0.4 is 5.32 Å². The van der Waals surface area contributed by atoms with E-state index in [0.717, 1.165) is 17.9 Å². The van der Waals surface area contributed by atoms with Crippen molar-refractivity contribution in [1.29, 1.82) is 0 Å². The molecule has 108 valence electrons. The van der Waals surface area contributed by atoms with E-state index in [-0.39, 0.29) is 24.2 Å². The number of rotatable bonds is 2. The summed E-state index contributed by atoms with van der Waals surface area (Å²) in [6.45, 7) is 3.74. The first-order valence-corrected chi connectivity index (χ1v) is 6.83. The minimum Gasteiger partial charge on any atom is -0.480 e. The van der Waals surface area contributed by atoms with E-state index in [1.54, 1.807) is 6.33 Å². The quantitative estimate of drug-likeness (QED) is 0.684. The molecule has 1 aromatic rings. The van der Waals surface area contributed by atoms with Gasteiger partial charge in [0.15, 0.2) is 0 Å². The number of hydrogen-bond donors (Lipinski definition) is 3. The fourth-order valence-corrected chi connectivity index (χ4v) is 3.04. The van der Waals surface area contributed by atoms with Gasteiger partial charge in [-0.3, -0.25) is 4.79 Å². The maximum atomic E-state index is 12.6. The van der Waals surface area contributed by atoms with Crippen molar-refractivity contribution in [2.45, 2.75) is 25.9 Å². The third-order valence-electron chi connectivity index (χ3n) is 4.30. The summed E-state index contributed by atoms with van der Waals surface area (Å²) in [7, 11) is 0. The summed E-state index contributed by atoms with van der Waals surface area (Å²) in [5, 5.41) is 12.6. The molecule has 1 unspecified atom stereocenters. The molecule has 2 aliphatic rings. The van der Waals surface area contributed by atoms with Crippen molar-refractivity contribution in [3.63, 3.8) is 0 Å². The van der Waals surface area contributed by atoms with Gasteiger partial charge in [-0.15, -0.1) is 0 Å². The number of aromatic amines is 1. The van der Waals surface area contributed by atoms with Gasteiger partial charge in [0.2, 0.25) is 5.91 Å². The molecule has 0 aromatic carbocycles. The van der Waals surface area contributed by atoms with Gasteiger partial charge in [-0.1, -0.05) is 6.92 Å². The van der Waals surface area contributed by atoms with Crippen LogP contribution in [0.5, 0.6) is 0 Å². The Bertz CT molecular complexity index is 541. The van der Waals surface area contributed by atoms with E-state index in [4.69, 9.17) is 0 Å². The standard InChI is InChI=1S/C13H18N4O3/c1-7-3-14-4-8(7)12(18)17-5-10-9(15-6-16-10)2-11(17)13(19)20/h6-8,11,14H,2-5H2,1H3,(H,15,16)(H,19,20)/t7-,8-,11?/m1/s1. The summed E-state index contributed by atoms with van der Waals surface area (Å²) in [5.74, 6) is -0.942. The molecule has 7 nitrogen and oxygen atoms in total. The first-order chi connectivity index (χ1) is 9.58. The zero-order valence-electron chi connectivity index (χ0n) is 11.3. The lowest BCUT2D eigenvalue weighted by Crippen LogP contribution is -2.51. The van der Waals surface area contributed by atoms with Gasteiger partial charge in [-0.05, 0) is 12.5 Å². The van der Waals surface area contributed by atoms with Crippen LogP contribution in [0.1, 0.15) is 18.3 Å². The van der Waals surface area contributed by atoms with E-state index >= 15 is 0 Å². The van der Waals surface area contributed by atoms with E-state index in [0.29, 0.717) is 13.1 Å². The summed E-state index contributed by atoms with van der Waals surface area (Å²) in [6.07, 6.45) is 1.83. The largest absolute Gasteiger partial charge is 0.480 e. The molecule has 0 aliphatic carbocycles. The predicted molar refractivity (Wildman–Crippen MR) is 69.8 cm³/mol. The van der Waals surface area contributed by atoms with E-state index in [1.165, 1.54) is 4.90 Å². The van der Waals surface area contributed by atoms with Crippen LogP contribution in [0.15, 0.2) is 6.33 Å². The van der Waals surface area contributed by atoms with Crippen LogP contribution in [0.25, 0.3) is 0 Å². The fraction of sp³-hybridized carbons (Fsp3) is 0.615. The van der Waals surface area contributed by atoms with Crippen molar-refractivity contribution < 1.29 is 14.7 Å². The molecule has 0 saturated carbocycles. The Labute approximate surface area is 116 Å². The van der Waals surface area contributed by atoms with Crippen LogP contribution in [0.3, 0.4) is 0 Å². The van der Waals surface area contributed by atoms with Crippen molar-refractivity contribution in [3.05, 3.63) is 17.7 Å². The Kier molecular flexibility index (Phi) is 3.21. The minimum atomic E-state index is -0.967. The highest BCUT2D eigenvalue weighted by Gasteiger charge is 2.41. The van der Waals surface area contributed by atoms with Crippen LogP contribution in [0, 0.1) is 11.8 Å². The Balaban J connectivity index is 1.86. The van der Waals surface area contributed by atoms with E-state index in [2.05, 4.69) is 15.3 Å². The predicted octanol–water partition coefficient (Wildman–Crippen LogP) is -0.397. The normalized spacial score (nSPS) is 29.2. The topological polar surface area (TPSA) is 98.3 Å². The van der Waals surface area contributed by atoms with E-state index < -0.39 is 12.0 Å². The zero-order valence-corrected chi connectivity index (χ0v) is 11.3. The number of imidazole rings is 1. The molecule has 3 N–H and O–H groups in total. The molecule has 0 radical (unpaired) electrons. The molecule has 0 spiro atoms. The molecule has 1 fully saturated rings. The Hall–Kier alpha value is -1.89. The molecule has 1 saturated heterocycles. The number of carboxylic acid groups (broad SMARTS) is 1. The SMILES string of the molecule is C[C@@H]1CNC[C@H]1C(=O)N1Cc2[nH]cnc2CC1C(=O)O. The molecule has 1 amide bonds. The molecular formula is C13H18N4O3. The van der Waals surface area contributed by atoms with Gasteiger partial charge < -0.3 is 20.3 Å². The molecular weight excluding hydrogens is 260 g/mol. The number of amides is 1. The monoisotopic (exact) mass is 278 g/mol. The summed E-state index contributed by atoms with van der Waals surface area (Å²) < 4.78 is 0. The van der Waals surface area contributed by atoms with Crippen LogP contribution in [0.4, 0.5) is 0 Å². The third kappa shape index (κ3) is 2.07. The van der Waals surface area contributed by atoms with Gasteiger partial charge in [-0.25, -0.2) is 9.78 Å². The highest BCUT2D eigenvalue weighted by atomic mass is 16.4. The number of aliphatic carboxylic acids is 1. The minimum absolute atomic E-state index is 0.0739. The first kappa shape index (κ1) is 13.1. The maximum absolute atomic E-state index is 12.6. The number of fused-ring (bicyclic) bond motifs is 1. The van der Waals surface area contributed by atoms with Crippen LogP contribution in [-0.2, 0) is 22.6 Å². The maximum Gasteiger partial charge on any atom is 0.326 e. The third-order valence-corrected chi connectivity index (χ3v) is 4.30. The van der Waals surface area contributed by atoms with Crippen molar-refractivity contribution >= 4 is 11.9 Å². The number of carboxylic acids is 1. The molecule has 3 atom stereocenters. The molecule has 3 heterocycles. The highest BCUT2D eigenvalue weighted by Crippen LogP contribution is 2.26. The summed E-state index contributed by atoms with van der Waals surface area (Å²) in [5.41, 5.74) is 1.59. The summed E-state index contributed by atoms with van der Waals surface area (Å²) in [6, 6.07) is -0.814. The number of nitrogens with zero attached hydrogens (tertiary/aromatic N) is 2. The van der Waals surface area contributed by atoms with Crippen molar-refractivity contribution in [3.8, 4) is 0 Å². The fourth-order valence-electron chi connectivity index (χ4n) is 3.04. The number of carbonyl (C=O) groups is 2. The van der Waals surface area contributed by atoms with Crippen molar-refractivity contribution in [1.82, 2.24) is 20.2 Å². The summed E-state index contributed by atoms with van der Waals surface area (Å²) in [4.78, 5) is 32.7. The van der Waals surface area contributed by atoms with E-state index in [9.17, 15) is 14.7 Å². The van der Waals surface area contributed by atoms with Gasteiger partial charge in [0, 0.05) is 13.0 Å². The van der Waals surface area contributed by atoms with Gasteiger partial charge in [-0.2, -0.15) is 0 Å². The lowest BCUT2D eigenvalue weighted by Gasteiger charge is -2.34. The second-order valence-corrected chi connectivity index (χ2v) is 5.59. The number of hydrogen-bond acceptors (Lipinski definition) is 4. The second kappa shape index (κ2) is 4.90. The second-order valence-electron chi connectivity index (χ2n) is 5.59. The zero-order chi connectivity index (χ0) is 14.3. The van der Waals surface area contributed by atoms with Crippen LogP contribution in [0.2, 0.25) is 0 Å². The van der Waals surface area contributed by atoms with Gasteiger partial charge >= 0.3 is 5.97 Å². The summed E-state index contributed by atoms with van der Waals surface area (Å²) >= 11 is 0. The molecule has 3 rings (SSSR count). The number of nitrogens with one attached hydrogen (secondary N) is 2. The van der Waals surface area contributed by atoms with Gasteiger partial charge in [0.25, 0.3) is 0 Å². The molecule has 20 heavy (non-hydrogen) atoms. The van der Waals surface area contributed by atoms with E-state index in [1.807, 2.05) is 6.92 Å². The molecule has 2 aliphatic heterocycles. The molecule has 7 heteroatoms. The number of H-pyrrole nitrogens is 1. The smallest absolute Gasteiger partial charge is 0.326 e. The lowest BCUT2D eigenvalue weighted by molar-refractivity contribution is -0.153. The Morgan fingerprint density at radius 3 is 2.90 bits per heavy atom. The molecule has 0 bridgehead atoms. The average Bonchev–Trinajstić information content (AvgIpc) is 3.04. The van der Waals surface area contributed by atoms with Crippen LogP contribution >= 0.6 is 0 Å². The molecule has 1 aromatic heterocycles. The van der Waals surface area contributed by atoms with Crippen LogP contribution in [-0.4, -0.2) is 51.0 Å². The number of aromatic nitrogens is 2. The average molecular weight is 278 g/mol. The Morgan fingerprint density at radius 1 is 1.45 bits per heavy atom. The highest BCUT2D eigenvalue weighted by molar-refractivity contribution is 5.86. The van der Waals surface area contributed by atoms with Gasteiger partial charge in [0.05, 0.1) is 30.2 Å². The number of carbonyl (C=O) groups excluding carboxylic acids is 1. The first-order valence-electron chi connectivity index (χ1n) is 6.83. The Morgan fingerprint density at radius 2 is 2.25 bits per heavy atom. The lowest BCUT2D eigenvalue weighted by atomic mass is 9.93. The van der Waals surface area contributed by atoms with Crippen molar-refractivity contribution in [2.24, 2.45) is 11.8 Å². The van der Waals surface area contributed by atoms with Crippen molar-refractivity contribution in [2.75, 3.05) is 13.1 Å².